The molecule has 1 spiro atoms. The Labute approximate surface area is 146 Å². The number of benzene rings is 1. The smallest absolute Gasteiger partial charge is 0.174 e. The third-order valence-corrected chi connectivity index (χ3v) is 6.73. The summed E-state index contributed by atoms with van der Waals surface area (Å²) in [4.78, 5) is 14.9. The van der Waals surface area contributed by atoms with Gasteiger partial charge in [-0.1, -0.05) is 12.1 Å². The monoisotopic (exact) mass is 345 g/mol. The van der Waals surface area contributed by atoms with Gasteiger partial charge in [-0.25, -0.2) is 0 Å². The van der Waals surface area contributed by atoms with Crippen molar-refractivity contribution in [2.75, 3.05) is 13.1 Å². The highest BCUT2D eigenvalue weighted by Crippen LogP contribution is 2.64. The van der Waals surface area contributed by atoms with Crippen LogP contribution in [0.4, 0.5) is 0 Å². The molecule has 6 heteroatoms. The quantitative estimate of drug-likeness (QED) is 0.759. The second kappa shape index (κ2) is 5.06. The molecule has 6 nitrogen and oxygen atoms in total. The number of carbonyl (C=O) groups excluding carboxylic acids is 1. The van der Waals surface area contributed by atoms with E-state index in [-0.39, 0.29) is 23.1 Å². The molecule has 4 atom stereocenters. The van der Waals surface area contributed by atoms with Crippen molar-refractivity contribution in [3.63, 3.8) is 0 Å². The molecule has 2 bridgehead atoms. The topological polar surface area (TPSA) is 102 Å². The van der Waals surface area contributed by atoms with E-state index in [0.717, 1.165) is 24.2 Å². The van der Waals surface area contributed by atoms with Crippen LogP contribution in [0.3, 0.4) is 0 Å². The predicted octanol–water partition coefficient (Wildman–Crippen LogP) is 0.477. The summed E-state index contributed by atoms with van der Waals surface area (Å²) in [6, 6.07) is 3.52. The van der Waals surface area contributed by atoms with Crippen molar-refractivity contribution in [1.29, 1.82) is 0 Å². The molecule has 2 aliphatic carbocycles. The van der Waals surface area contributed by atoms with Gasteiger partial charge in [-0.05, 0) is 30.9 Å². The van der Waals surface area contributed by atoms with Gasteiger partial charge in [-0.15, -0.1) is 6.58 Å². The molecule has 2 aliphatic heterocycles. The number of carbonyl (C=O) groups is 1. The minimum Gasteiger partial charge on any atom is -0.504 e. The van der Waals surface area contributed by atoms with Crippen LogP contribution in [0.5, 0.6) is 11.5 Å². The molecular formula is C19H23NO5. The molecule has 0 aromatic heterocycles. The molecule has 2 fully saturated rings. The zero-order valence-corrected chi connectivity index (χ0v) is 14.0. The molecule has 134 valence electrons. The maximum Gasteiger partial charge on any atom is 0.174 e. The van der Waals surface area contributed by atoms with Gasteiger partial charge in [-0.2, -0.15) is 0 Å². The lowest BCUT2D eigenvalue weighted by molar-refractivity contribution is -0.187. The number of nitrogens with zero attached hydrogens (tertiary/aromatic N) is 1. The summed E-state index contributed by atoms with van der Waals surface area (Å²) in [7, 11) is 0. The highest BCUT2D eigenvalue weighted by atomic mass is 16.5. The number of phenols is 1. The minimum absolute atomic E-state index is 0. The molecule has 5 rings (SSSR count). The Morgan fingerprint density at radius 1 is 1.40 bits per heavy atom. The van der Waals surface area contributed by atoms with Crippen LogP contribution in [0.15, 0.2) is 24.8 Å². The Balaban J connectivity index is 0.00000157. The van der Waals surface area contributed by atoms with Crippen LogP contribution in [-0.4, -0.2) is 57.2 Å². The molecular weight excluding hydrogens is 322 g/mol. The average Bonchev–Trinajstić information content (AvgIpc) is 2.91. The summed E-state index contributed by atoms with van der Waals surface area (Å²) in [6.07, 6.45) is 3.35. The number of phenolic OH excluding ortho intramolecular Hbond substituents is 1. The number of rotatable bonds is 2. The minimum atomic E-state index is -1.00. The van der Waals surface area contributed by atoms with Crippen molar-refractivity contribution in [2.24, 2.45) is 0 Å². The first-order chi connectivity index (χ1) is 11.5. The van der Waals surface area contributed by atoms with Crippen molar-refractivity contribution < 1.29 is 25.2 Å². The van der Waals surface area contributed by atoms with Gasteiger partial charge in [0, 0.05) is 31.1 Å². The van der Waals surface area contributed by atoms with Gasteiger partial charge >= 0.3 is 0 Å². The van der Waals surface area contributed by atoms with E-state index < -0.39 is 17.1 Å². The van der Waals surface area contributed by atoms with Gasteiger partial charge < -0.3 is 20.4 Å². The Morgan fingerprint density at radius 2 is 2.20 bits per heavy atom. The summed E-state index contributed by atoms with van der Waals surface area (Å²) in [6.45, 7) is 5.36. The molecule has 1 saturated heterocycles. The first-order valence-corrected chi connectivity index (χ1v) is 8.65. The first-order valence-electron chi connectivity index (χ1n) is 8.65. The van der Waals surface area contributed by atoms with Gasteiger partial charge in [0.1, 0.15) is 0 Å². The third kappa shape index (κ3) is 1.67. The standard InChI is InChI=1S/C19H21NO4.H2O/c1-2-8-20-9-7-18-15-11-3-4-12(21)16(15)24-17(18)13(22)5-6-19(18,23)14(20)10-11;/h2-4,14,17,21,23H,1,5-10H2;1H2/t14-,17+,18+,19-;/m1./s1. The second-order valence-corrected chi connectivity index (χ2v) is 7.56. The van der Waals surface area contributed by atoms with Crippen LogP contribution in [0.1, 0.15) is 30.4 Å². The number of likely N-dealkylation sites (tertiary alicyclic amines) is 1. The van der Waals surface area contributed by atoms with Gasteiger partial charge in [0.05, 0.1) is 11.0 Å². The van der Waals surface area contributed by atoms with E-state index in [1.165, 1.54) is 0 Å². The highest BCUT2D eigenvalue weighted by Gasteiger charge is 2.72. The van der Waals surface area contributed by atoms with Crippen LogP contribution < -0.4 is 4.74 Å². The lowest BCUT2D eigenvalue weighted by Crippen LogP contribution is -2.76. The molecule has 0 unspecified atom stereocenters. The fourth-order valence-corrected chi connectivity index (χ4v) is 5.80. The number of Topliss-reactive ketones (excluding diaryl/α,β-unsaturated/α-hetero) is 1. The van der Waals surface area contributed by atoms with Crippen molar-refractivity contribution in [3.8, 4) is 11.5 Å². The van der Waals surface area contributed by atoms with Gasteiger partial charge in [0.2, 0.25) is 0 Å². The third-order valence-electron chi connectivity index (χ3n) is 6.73. The summed E-state index contributed by atoms with van der Waals surface area (Å²) in [5, 5.41) is 22.1. The SMILES string of the molecule is C=CCN1CC[C@]23c4c5ccc(O)c4O[C@H]2C(=O)CC[C@@]3(O)[C@H]1C5.O. The summed E-state index contributed by atoms with van der Waals surface area (Å²) in [5.74, 6) is 0.528. The number of aromatic hydroxyl groups is 1. The van der Waals surface area contributed by atoms with Crippen molar-refractivity contribution in [1.82, 2.24) is 4.90 Å². The van der Waals surface area contributed by atoms with E-state index >= 15 is 0 Å². The lowest BCUT2D eigenvalue weighted by Gasteiger charge is -2.62. The number of hydrogen-bond acceptors (Lipinski definition) is 5. The van der Waals surface area contributed by atoms with E-state index in [9.17, 15) is 15.0 Å². The predicted molar refractivity (Wildman–Crippen MR) is 90.9 cm³/mol. The first kappa shape index (κ1) is 16.6. The fraction of sp³-hybridized carbons (Fsp3) is 0.526. The lowest BCUT2D eigenvalue weighted by atomic mass is 9.49. The zero-order valence-electron chi connectivity index (χ0n) is 14.0. The van der Waals surface area contributed by atoms with Crippen LogP contribution in [0.2, 0.25) is 0 Å². The summed E-state index contributed by atoms with van der Waals surface area (Å²) >= 11 is 0. The normalized spacial score (nSPS) is 37.7. The average molecular weight is 345 g/mol. The number of hydrogen-bond donors (Lipinski definition) is 2. The Morgan fingerprint density at radius 3 is 2.96 bits per heavy atom. The fourth-order valence-electron chi connectivity index (χ4n) is 5.80. The number of ether oxygens (including phenoxy) is 1. The number of ketones is 1. The van der Waals surface area contributed by atoms with Crippen LogP contribution in [-0.2, 0) is 16.6 Å². The maximum absolute atomic E-state index is 12.6. The van der Waals surface area contributed by atoms with E-state index in [4.69, 9.17) is 4.74 Å². The molecule has 25 heavy (non-hydrogen) atoms. The van der Waals surface area contributed by atoms with Crippen molar-refractivity contribution in [3.05, 3.63) is 35.9 Å². The largest absolute Gasteiger partial charge is 0.504 e. The zero-order chi connectivity index (χ0) is 16.7. The van der Waals surface area contributed by atoms with Crippen molar-refractivity contribution >= 4 is 5.78 Å². The molecule has 0 radical (unpaired) electrons. The highest BCUT2D eigenvalue weighted by molar-refractivity contribution is 5.90. The summed E-state index contributed by atoms with van der Waals surface area (Å²) in [5.41, 5.74) is 0.256. The van der Waals surface area contributed by atoms with E-state index in [1.807, 2.05) is 12.1 Å². The molecule has 4 N–H and O–H groups in total. The van der Waals surface area contributed by atoms with Crippen molar-refractivity contribution in [2.45, 2.75) is 48.8 Å². The van der Waals surface area contributed by atoms with Crippen LogP contribution in [0, 0.1) is 0 Å². The Hall–Kier alpha value is -1.89. The molecule has 1 aromatic rings. The van der Waals surface area contributed by atoms with Crippen LogP contribution >= 0.6 is 0 Å². The molecule has 4 aliphatic rings. The van der Waals surface area contributed by atoms with E-state index in [0.29, 0.717) is 31.4 Å². The molecule has 2 heterocycles. The molecule has 0 amide bonds. The number of piperidine rings is 1. The van der Waals surface area contributed by atoms with E-state index in [2.05, 4.69) is 11.5 Å². The number of aliphatic hydroxyl groups is 1. The second-order valence-electron chi connectivity index (χ2n) is 7.56. The van der Waals surface area contributed by atoms with Gasteiger partial charge in [-0.3, -0.25) is 9.69 Å². The maximum atomic E-state index is 12.6. The van der Waals surface area contributed by atoms with Crippen LogP contribution in [0.25, 0.3) is 0 Å². The summed E-state index contributed by atoms with van der Waals surface area (Å²) < 4.78 is 5.98. The molecule has 1 aromatic carbocycles. The van der Waals surface area contributed by atoms with Gasteiger partial charge in [0.15, 0.2) is 23.4 Å². The van der Waals surface area contributed by atoms with E-state index in [1.54, 1.807) is 6.07 Å². The Bertz CT molecular complexity index is 777. The van der Waals surface area contributed by atoms with Gasteiger partial charge in [0.25, 0.3) is 0 Å². The molecule has 1 saturated carbocycles. The Kier molecular flexibility index (Phi) is 3.36.